The van der Waals surface area contributed by atoms with Crippen molar-refractivity contribution in [3.8, 4) is 5.75 Å². The van der Waals surface area contributed by atoms with Crippen LogP contribution in [0.1, 0.15) is 24.1 Å². The summed E-state index contributed by atoms with van der Waals surface area (Å²) in [4.78, 5) is 0. The Bertz CT molecular complexity index is 661. The first-order valence-corrected chi connectivity index (χ1v) is 7.23. The van der Waals surface area contributed by atoms with Crippen molar-refractivity contribution in [3.05, 3.63) is 57.3 Å². The minimum absolute atomic E-state index is 0.0177. The molecule has 0 radical (unpaired) electrons. The van der Waals surface area contributed by atoms with E-state index < -0.39 is 5.82 Å². The quantitative estimate of drug-likeness (QED) is 0.735. The average Bonchev–Trinajstić information content (AvgIpc) is 2.43. The zero-order valence-electron chi connectivity index (χ0n) is 12.0. The zero-order valence-corrected chi connectivity index (χ0v) is 13.5. The summed E-state index contributed by atoms with van der Waals surface area (Å²) in [5.41, 5.74) is 2.57. The Kier molecular flexibility index (Phi) is 4.96. The molecule has 5 heteroatoms. The van der Waals surface area contributed by atoms with Gasteiger partial charge >= 0.3 is 0 Å². The number of aryl methyl sites for hydroxylation is 1. The van der Waals surface area contributed by atoms with Crippen molar-refractivity contribution in [1.82, 2.24) is 0 Å². The molecule has 0 aliphatic heterocycles. The molecule has 0 saturated heterocycles. The fraction of sp³-hybridized carbons (Fsp3) is 0.250. The molecule has 21 heavy (non-hydrogen) atoms. The summed E-state index contributed by atoms with van der Waals surface area (Å²) >= 11 is 11.9. The summed E-state index contributed by atoms with van der Waals surface area (Å²) in [6.07, 6.45) is 0. The van der Waals surface area contributed by atoms with Crippen molar-refractivity contribution in [1.29, 1.82) is 0 Å². The van der Waals surface area contributed by atoms with Crippen LogP contribution in [0.5, 0.6) is 5.75 Å². The molecule has 0 bridgehead atoms. The van der Waals surface area contributed by atoms with Crippen LogP contribution >= 0.6 is 23.2 Å². The third kappa shape index (κ3) is 3.60. The molecule has 1 N–H and O–H groups in total. The topological polar surface area (TPSA) is 21.3 Å². The van der Waals surface area contributed by atoms with E-state index in [2.05, 4.69) is 5.32 Å². The number of halogens is 3. The van der Waals surface area contributed by atoms with Crippen LogP contribution in [0, 0.1) is 12.7 Å². The number of ether oxygens (including phenoxy) is 1. The standard InChI is InChI=1S/C16H16Cl2FNO/c1-9-4-5-16(21-3)15(6-9)20-10(2)11-7-14(19)13(18)8-12(11)17/h4-8,10,20H,1-3H3. The second-order valence-corrected chi connectivity index (χ2v) is 5.67. The molecule has 1 unspecified atom stereocenters. The molecule has 2 rings (SSSR count). The van der Waals surface area contributed by atoms with Crippen molar-refractivity contribution >= 4 is 28.9 Å². The maximum atomic E-state index is 13.6. The number of methoxy groups -OCH3 is 1. The minimum atomic E-state index is -0.485. The largest absolute Gasteiger partial charge is 0.495 e. The van der Waals surface area contributed by atoms with E-state index in [0.29, 0.717) is 10.6 Å². The monoisotopic (exact) mass is 327 g/mol. The van der Waals surface area contributed by atoms with Crippen LogP contribution in [0.25, 0.3) is 0 Å². The lowest BCUT2D eigenvalue weighted by molar-refractivity contribution is 0.416. The predicted molar refractivity (Wildman–Crippen MR) is 86.2 cm³/mol. The molecule has 1 atom stereocenters. The van der Waals surface area contributed by atoms with Gasteiger partial charge in [-0.15, -0.1) is 0 Å². The number of hydrogen-bond donors (Lipinski definition) is 1. The molecule has 2 aromatic rings. The molecule has 0 aromatic heterocycles. The van der Waals surface area contributed by atoms with Crippen LogP contribution in [0.15, 0.2) is 30.3 Å². The second kappa shape index (κ2) is 6.54. The highest BCUT2D eigenvalue weighted by Crippen LogP contribution is 2.33. The fourth-order valence-electron chi connectivity index (χ4n) is 2.12. The third-order valence-corrected chi connectivity index (χ3v) is 3.85. The van der Waals surface area contributed by atoms with E-state index in [-0.39, 0.29) is 11.1 Å². The normalized spacial score (nSPS) is 12.1. The molecule has 112 valence electrons. The van der Waals surface area contributed by atoms with Crippen LogP contribution in [0.2, 0.25) is 10.0 Å². The Balaban J connectivity index is 2.32. The molecule has 0 aliphatic rings. The number of rotatable bonds is 4. The number of nitrogens with one attached hydrogen (secondary N) is 1. The van der Waals surface area contributed by atoms with E-state index in [0.717, 1.165) is 17.0 Å². The van der Waals surface area contributed by atoms with Crippen molar-refractivity contribution in [2.24, 2.45) is 0 Å². The average molecular weight is 328 g/mol. The SMILES string of the molecule is COc1ccc(C)cc1NC(C)c1cc(F)c(Cl)cc1Cl. The van der Waals surface area contributed by atoms with Crippen LogP contribution in [0.4, 0.5) is 10.1 Å². The lowest BCUT2D eigenvalue weighted by Crippen LogP contribution is -2.09. The highest BCUT2D eigenvalue weighted by Gasteiger charge is 2.15. The van der Waals surface area contributed by atoms with Gasteiger partial charge in [0.05, 0.1) is 23.9 Å². The summed E-state index contributed by atoms with van der Waals surface area (Å²) in [6, 6.07) is 8.39. The first-order chi connectivity index (χ1) is 9.92. The zero-order chi connectivity index (χ0) is 15.6. The minimum Gasteiger partial charge on any atom is -0.495 e. The first-order valence-electron chi connectivity index (χ1n) is 6.48. The third-order valence-electron chi connectivity index (χ3n) is 3.23. The lowest BCUT2D eigenvalue weighted by atomic mass is 10.1. The van der Waals surface area contributed by atoms with Crippen LogP contribution < -0.4 is 10.1 Å². The van der Waals surface area contributed by atoms with Gasteiger partial charge in [0.25, 0.3) is 0 Å². The summed E-state index contributed by atoms with van der Waals surface area (Å²) in [6.45, 7) is 3.89. The highest BCUT2D eigenvalue weighted by molar-refractivity contribution is 6.35. The van der Waals surface area contributed by atoms with E-state index in [1.165, 1.54) is 12.1 Å². The maximum Gasteiger partial charge on any atom is 0.142 e. The van der Waals surface area contributed by atoms with E-state index in [1.807, 2.05) is 32.0 Å². The molecule has 0 aliphatic carbocycles. The molecule has 0 saturated carbocycles. The second-order valence-electron chi connectivity index (χ2n) is 4.86. The summed E-state index contributed by atoms with van der Waals surface area (Å²) < 4.78 is 18.9. The summed E-state index contributed by atoms with van der Waals surface area (Å²) in [7, 11) is 1.61. The maximum absolute atomic E-state index is 13.6. The van der Waals surface area contributed by atoms with Gasteiger partial charge < -0.3 is 10.1 Å². The highest BCUT2D eigenvalue weighted by atomic mass is 35.5. The molecule has 2 aromatic carbocycles. The van der Waals surface area contributed by atoms with Gasteiger partial charge in [0.1, 0.15) is 11.6 Å². The molecule has 0 amide bonds. The van der Waals surface area contributed by atoms with Gasteiger partial charge in [-0.2, -0.15) is 0 Å². The molecular formula is C16H16Cl2FNO. The molecule has 2 nitrogen and oxygen atoms in total. The molecule has 0 heterocycles. The van der Waals surface area contributed by atoms with Crippen LogP contribution in [-0.2, 0) is 0 Å². The van der Waals surface area contributed by atoms with Gasteiger partial charge in [-0.3, -0.25) is 0 Å². The van der Waals surface area contributed by atoms with Crippen LogP contribution in [0.3, 0.4) is 0 Å². The number of anilines is 1. The Labute approximate surface area is 133 Å². The van der Waals surface area contributed by atoms with Crippen molar-refractivity contribution in [2.75, 3.05) is 12.4 Å². The summed E-state index contributed by atoms with van der Waals surface area (Å²) in [5.74, 6) is 0.235. The Hall–Kier alpha value is -1.45. The molecular weight excluding hydrogens is 312 g/mol. The van der Waals surface area contributed by atoms with Crippen molar-refractivity contribution in [2.45, 2.75) is 19.9 Å². The first kappa shape index (κ1) is 15.9. The van der Waals surface area contributed by atoms with Gasteiger partial charge in [-0.05, 0) is 49.2 Å². The Morgan fingerprint density at radius 3 is 2.52 bits per heavy atom. The van der Waals surface area contributed by atoms with Crippen molar-refractivity contribution < 1.29 is 9.13 Å². The smallest absolute Gasteiger partial charge is 0.142 e. The lowest BCUT2D eigenvalue weighted by Gasteiger charge is -2.19. The van der Waals surface area contributed by atoms with Gasteiger partial charge in [0.2, 0.25) is 0 Å². The Morgan fingerprint density at radius 1 is 1.14 bits per heavy atom. The fourth-order valence-corrected chi connectivity index (χ4v) is 2.66. The van der Waals surface area contributed by atoms with Crippen LogP contribution in [-0.4, -0.2) is 7.11 Å². The number of hydrogen-bond acceptors (Lipinski definition) is 2. The summed E-state index contributed by atoms with van der Waals surface area (Å²) in [5, 5.41) is 3.73. The van der Waals surface area contributed by atoms with Gasteiger partial charge in [-0.25, -0.2) is 4.39 Å². The van der Waals surface area contributed by atoms with Crippen molar-refractivity contribution in [3.63, 3.8) is 0 Å². The van der Waals surface area contributed by atoms with E-state index >= 15 is 0 Å². The van der Waals surface area contributed by atoms with E-state index in [1.54, 1.807) is 7.11 Å². The molecule has 0 spiro atoms. The van der Waals surface area contributed by atoms with Gasteiger partial charge in [0, 0.05) is 5.02 Å². The molecule has 0 fully saturated rings. The van der Waals surface area contributed by atoms with E-state index in [4.69, 9.17) is 27.9 Å². The number of benzene rings is 2. The van der Waals surface area contributed by atoms with Gasteiger partial charge in [-0.1, -0.05) is 29.3 Å². The predicted octanol–water partition coefficient (Wildman–Crippen LogP) is 5.62. The Morgan fingerprint density at radius 2 is 1.86 bits per heavy atom. The van der Waals surface area contributed by atoms with E-state index in [9.17, 15) is 4.39 Å². The van der Waals surface area contributed by atoms with Gasteiger partial charge in [0.15, 0.2) is 0 Å².